The van der Waals surface area contributed by atoms with Gasteiger partial charge in [0.25, 0.3) is 11.8 Å². The minimum absolute atomic E-state index is 0.0236. The second-order valence-corrected chi connectivity index (χ2v) is 10.9. The van der Waals surface area contributed by atoms with Gasteiger partial charge in [0.15, 0.2) is 0 Å². The van der Waals surface area contributed by atoms with Crippen LogP contribution in [-0.4, -0.2) is 91.2 Å². The van der Waals surface area contributed by atoms with Crippen LogP contribution in [0, 0.1) is 5.41 Å². The minimum Gasteiger partial charge on any atom is -0.382 e. The topological polar surface area (TPSA) is 165 Å². The SMILES string of the molecule is CCN1C(=O)C(CNc2cccc(NC(=O)COCCOC)n2)S/C1=C(/CN)C(=O)NC1C[C@]12CCCC2=O. The highest BCUT2D eigenvalue weighted by atomic mass is 32.2. The fourth-order valence-electron chi connectivity index (χ4n) is 5.03. The summed E-state index contributed by atoms with van der Waals surface area (Å²) < 4.78 is 10.1. The van der Waals surface area contributed by atoms with Crippen molar-refractivity contribution >= 4 is 46.9 Å². The molecule has 2 saturated carbocycles. The lowest BCUT2D eigenvalue weighted by atomic mass is 10.0. The Bertz CT molecular complexity index is 1150. The molecule has 2 aliphatic carbocycles. The predicted octanol–water partition coefficient (Wildman–Crippen LogP) is 0.857. The van der Waals surface area contributed by atoms with Crippen LogP contribution >= 0.6 is 11.8 Å². The largest absolute Gasteiger partial charge is 0.382 e. The second kappa shape index (κ2) is 12.9. The molecule has 3 fully saturated rings. The number of carbonyl (C=O) groups excluding carboxylic acids is 4. The number of Topliss-reactive ketones (excluding diaryl/α,β-unsaturated/α-hetero) is 1. The summed E-state index contributed by atoms with van der Waals surface area (Å²) >= 11 is 1.29. The zero-order valence-electron chi connectivity index (χ0n) is 22.3. The van der Waals surface area contributed by atoms with E-state index in [-0.39, 0.29) is 49.2 Å². The van der Waals surface area contributed by atoms with Crippen molar-refractivity contribution < 1.29 is 28.7 Å². The number of nitrogens with two attached hydrogens (primary N) is 1. The molecule has 1 aromatic heterocycles. The van der Waals surface area contributed by atoms with Gasteiger partial charge in [-0.15, -0.1) is 0 Å². The number of methoxy groups -OCH3 is 1. The molecule has 3 atom stereocenters. The molecule has 4 rings (SSSR count). The number of ether oxygens (including phenoxy) is 2. The summed E-state index contributed by atoms with van der Waals surface area (Å²) in [5.41, 5.74) is 5.94. The van der Waals surface area contributed by atoms with Crippen LogP contribution in [0.25, 0.3) is 0 Å². The van der Waals surface area contributed by atoms with Crippen LogP contribution in [0.2, 0.25) is 0 Å². The Kier molecular flexibility index (Phi) is 9.59. The lowest BCUT2D eigenvalue weighted by molar-refractivity contribution is -0.127. The van der Waals surface area contributed by atoms with Gasteiger partial charge in [0.2, 0.25) is 5.91 Å². The number of nitrogens with one attached hydrogen (secondary N) is 3. The maximum atomic E-state index is 13.2. The molecular weight excluding hydrogens is 524 g/mol. The summed E-state index contributed by atoms with van der Waals surface area (Å²) in [5.74, 6) is 0.274. The van der Waals surface area contributed by atoms with E-state index in [1.165, 1.54) is 11.8 Å². The maximum absolute atomic E-state index is 13.2. The van der Waals surface area contributed by atoms with Crippen molar-refractivity contribution in [3.63, 3.8) is 0 Å². The normalized spacial score (nSPS) is 25.3. The van der Waals surface area contributed by atoms with Crippen molar-refractivity contribution in [1.82, 2.24) is 15.2 Å². The van der Waals surface area contributed by atoms with Crippen LogP contribution in [0.1, 0.15) is 32.6 Å². The molecule has 1 saturated heterocycles. The number of aromatic nitrogens is 1. The van der Waals surface area contributed by atoms with E-state index in [1.54, 1.807) is 30.2 Å². The van der Waals surface area contributed by atoms with Crippen LogP contribution in [0.3, 0.4) is 0 Å². The molecule has 5 N–H and O–H groups in total. The molecule has 3 aliphatic rings. The van der Waals surface area contributed by atoms with Crippen LogP contribution in [0.5, 0.6) is 0 Å². The average molecular weight is 561 g/mol. The Labute approximate surface area is 231 Å². The number of rotatable bonds is 13. The van der Waals surface area contributed by atoms with E-state index in [9.17, 15) is 19.2 Å². The van der Waals surface area contributed by atoms with Gasteiger partial charge in [0, 0.05) is 39.2 Å². The third-order valence-electron chi connectivity index (χ3n) is 7.21. The number of hydrogen-bond acceptors (Lipinski definition) is 10. The van der Waals surface area contributed by atoms with E-state index >= 15 is 0 Å². The Morgan fingerprint density at radius 2 is 2.05 bits per heavy atom. The highest BCUT2D eigenvalue weighted by molar-refractivity contribution is 8.04. The first-order chi connectivity index (χ1) is 18.8. The second-order valence-electron chi connectivity index (χ2n) is 9.72. The van der Waals surface area contributed by atoms with Gasteiger partial charge in [-0.05, 0) is 38.3 Å². The summed E-state index contributed by atoms with van der Waals surface area (Å²) in [6.45, 7) is 3.07. The number of ketones is 1. The standard InChI is InChI=1S/C26H36N6O6S/c1-3-32-24(36)17(14-28-20-7-4-8-21(30-20)31-22(34)15-38-11-10-37-2)39-25(32)16(13-27)23(35)29-18-12-26(18)9-5-6-19(26)33/h4,7-8,17-18H,3,5-6,9-15,27H2,1-2H3,(H,29,35)(H2,28,30,31,34)/b25-16-/t17?,18?,26-/m1/s1. The summed E-state index contributed by atoms with van der Waals surface area (Å²) in [7, 11) is 1.55. The molecule has 0 radical (unpaired) electrons. The third-order valence-corrected chi connectivity index (χ3v) is 8.55. The van der Waals surface area contributed by atoms with E-state index in [1.807, 2.05) is 6.92 Å². The lowest BCUT2D eigenvalue weighted by Gasteiger charge is -2.18. The van der Waals surface area contributed by atoms with E-state index in [0.717, 1.165) is 12.8 Å². The van der Waals surface area contributed by atoms with Crippen molar-refractivity contribution in [2.45, 2.75) is 43.9 Å². The molecule has 1 aliphatic heterocycles. The quantitative estimate of drug-likeness (QED) is 0.201. The van der Waals surface area contributed by atoms with Gasteiger partial charge < -0.3 is 36.1 Å². The number of amides is 3. The van der Waals surface area contributed by atoms with E-state index in [2.05, 4.69) is 20.9 Å². The highest BCUT2D eigenvalue weighted by Crippen LogP contribution is 2.55. The maximum Gasteiger partial charge on any atom is 0.251 e. The van der Waals surface area contributed by atoms with Crippen LogP contribution in [-0.2, 0) is 28.7 Å². The van der Waals surface area contributed by atoms with Crippen molar-refractivity contribution in [3.05, 3.63) is 28.8 Å². The predicted molar refractivity (Wildman–Crippen MR) is 147 cm³/mol. The Hall–Kier alpha value is -3.00. The molecule has 13 heteroatoms. The number of carbonyl (C=O) groups is 4. The van der Waals surface area contributed by atoms with Crippen LogP contribution in [0.4, 0.5) is 11.6 Å². The number of pyridine rings is 1. The van der Waals surface area contributed by atoms with Crippen molar-refractivity contribution in [2.24, 2.45) is 11.1 Å². The van der Waals surface area contributed by atoms with E-state index in [4.69, 9.17) is 15.2 Å². The first kappa shape index (κ1) is 29.0. The highest BCUT2D eigenvalue weighted by Gasteiger charge is 2.61. The number of anilines is 2. The third kappa shape index (κ3) is 6.60. The lowest BCUT2D eigenvalue weighted by Crippen LogP contribution is -2.37. The molecule has 2 unspecified atom stereocenters. The van der Waals surface area contributed by atoms with Gasteiger partial charge in [-0.3, -0.25) is 19.2 Å². The Balaban J connectivity index is 1.35. The Morgan fingerprint density at radius 1 is 1.26 bits per heavy atom. The zero-order chi connectivity index (χ0) is 28.0. The molecule has 212 valence electrons. The molecule has 12 nitrogen and oxygen atoms in total. The molecule has 1 aromatic rings. The fourth-order valence-corrected chi connectivity index (χ4v) is 6.35. The molecule has 0 bridgehead atoms. The summed E-state index contributed by atoms with van der Waals surface area (Å²) in [6, 6.07) is 4.97. The van der Waals surface area contributed by atoms with Gasteiger partial charge >= 0.3 is 0 Å². The van der Waals surface area contributed by atoms with E-state index < -0.39 is 10.7 Å². The number of nitrogens with zero attached hydrogens (tertiary/aromatic N) is 2. The fraction of sp³-hybridized carbons (Fsp3) is 0.577. The number of hydrogen-bond donors (Lipinski definition) is 4. The van der Waals surface area contributed by atoms with Crippen molar-refractivity contribution in [2.75, 3.05) is 57.2 Å². The summed E-state index contributed by atoms with van der Waals surface area (Å²) in [5, 5.41) is 8.87. The molecule has 0 aromatic carbocycles. The van der Waals surface area contributed by atoms with Crippen molar-refractivity contribution in [1.29, 1.82) is 0 Å². The van der Waals surface area contributed by atoms with Gasteiger partial charge in [0.1, 0.15) is 29.3 Å². The summed E-state index contributed by atoms with van der Waals surface area (Å²) in [4.78, 5) is 56.6. The smallest absolute Gasteiger partial charge is 0.251 e. The Morgan fingerprint density at radius 3 is 2.74 bits per heavy atom. The van der Waals surface area contributed by atoms with Crippen LogP contribution in [0.15, 0.2) is 28.8 Å². The van der Waals surface area contributed by atoms with Gasteiger partial charge in [0.05, 0.1) is 29.2 Å². The first-order valence-electron chi connectivity index (χ1n) is 13.2. The molecule has 2 heterocycles. The first-order valence-corrected chi connectivity index (χ1v) is 14.0. The van der Waals surface area contributed by atoms with Gasteiger partial charge in [-0.2, -0.15) is 0 Å². The summed E-state index contributed by atoms with van der Waals surface area (Å²) in [6.07, 6.45) is 2.93. The minimum atomic E-state index is -0.493. The molecule has 1 spiro atoms. The average Bonchev–Trinajstić information content (AvgIpc) is 3.34. The monoisotopic (exact) mass is 560 g/mol. The van der Waals surface area contributed by atoms with E-state index in [0.29, 0.717) is 54.8 Å². The molecular formula is C26H36N6O6S. The van der Waals surface area contributed by atoms with Crippen molar-refractivity contribution in [3.8, 4) is 0 Å². The number of thioether (sulfide) groups is 1. The molecule has 3 amide bonds. The molecule has 39 heavy (non-hydrogen) atoms. The zero-order valence-corrected chi connectivity index (χ0v) is 23.1. The van der Waals surface area contributed by atoms with Gasteiger partial charge in [-0.25, -0.2) is 4.98 Å². The van der Waals surface area contributed by atoms with Gasteiger partial charge in [-0.1, -0.05) is 17.8 Å². The van der Waals surface area contributed by atoms with Crippen LogP contribution < -0.4 is 21.7 Å².